The summed E-state index contributed by atoms with van der Waals surface area (Å²) in [5.41, 5.74) is 0.866. The molecule has 2 saturated heterocycles. The molecular weight excluding hydrogens is 254 g/mol. The molecule has 0 radical (unpaired) electrons. The lowest BCUT2D eigenvalue weighted by molar-refractivity contribution is -0.0761. The van der Waals surface area contributed by atoms with Gasteiger partial charge in [-0.1, -0.05) is 0 Å². The molecular formula is C15H23N3O2. The highest BCUT2D eigenvalue weighted by molar-refractivity contribution is 5.09. The SMILES string of the molecule is C[C@@]1(c2ncc(CN3CCOCC3)cn2)CCCCO1. The normalized spacial score (nSPS) is 28.4. The molecule has 0 bridgehead atoms. The van der Waals surface area contributed by atoms with Crippen molar-refractivity contribution in [3.63, 3.8) is 0 Å². The van der Waals surface area contributed by atoms with Crippen LogP contribution in [0.25, 0.3) is 0 Å². The summed E-state index contributed by atoms with van der Waals surface area (Å²) in [6, 6.07) is 0. The van der Waals surface area contributed by atoms with E-state index in [0.717, 1.165) is 63.7 Å². The van der Waals surface area contributed by atoms with Crippen LogP contribution in [0.4, 0.5) is 0 Å². The zero-order valence-electron chi connectivity index (χ0n) is 12.2. The number of nitrogens with zero attached hydrogens (tertiary/aromatic N) is 3. The number of rotatable bonds is 3. The molecule has 0 aromatic carbocycles. The van der Waals surface area contributed by atoms with Crippen molar-refractivity contribution in [3.05, 3.63) is 23.8 Å². The average molecular weight is 277 g/mol. The highest BCUT2D eigenvalue weighted by Gasteiger charge is 2.32. The van der Waals surface area contributed by atoms with Crippen molar-refractivity contribution in [1.29, 1.82) is 0 Å². The summed E-state index contributed by atoms with van der Waals surface area (Å²) in [5, 5.41) is 0. The standard InChI is InChI=1S/C15H23N3O2/c1-15(4-2-3-7-20-15)14-16-10-13(11-17-14)12-18-5-8-19-9-6-18/h10-11H,2-9,12H2,1H3/t15-/m0/s1. The first-order valence-corrected chi connectivity index (χ1v) is 7.52. The van der Waals surface area contributed by atoms with Crippen LogP contribution in [-0.2, 0) is 21.6 Å². The Labute approximate surface area is 120 Å². The zero-order valence-corrected chi connectivity index (χ0v) is 12.2. The van der Waals surface area contributed by atoms with Crippen LogP contribution in [0.3, 0.4) is 0 Å². The Morgan fingerprint density at radius 1 is 1.15 bits per heavy atom. The van der Waals surface area contributed by atoms with Gasteiger partial charge in [0.2, 0.25) is 0 Å². The van der Waals surface area contributed by atoms with Gasteiger partial charge in [0.1, 0.15) is 5.60 Å². The molecule has 0 unspecified atom stereocenters. The third-order valence-electron chi connectivity index (χ3n) is 4.16. The molecule has 1 aromatic heterocycles. The number of ether oxygens (including phenoxy) is 2. The molecule has 0 N–H and O–H groups in total. The fourth-order valence-electron chi connectivity index (χ4n) is 2.84. The van der Waals surface area contributed by atoms with Crippen molar-refractivity contribution < 1.29 is 9.47 Å². The van der Waals surface area contributed by atoms with Crippen LogP contribution in [0.1, 0.15) is 37.6 Å². The third-order valence-corrected chi connectivity index (χ3v) is 4.16. The summed E-state index contributed by atoms with van der Waals surface area (Å²) < 4.78 is 11.2. The summed E-state index contributed by atoms with van der Waals surface area (Å²) >= 11 is 0. The van der Waals surface area contributed by atoms with E-state index in [9.17, 15) is 0 Å². The lowest BCUT2D eigenvalue weighted by Gasteiger charge is -2.32. The van der Waals surface area contributed by atoms with Gasteiger partial charge < -0.3 is 9.47 Å². The molecule has 110 valence electrons. The Morgan fingerprint density at radius 2 is 1.90 bits per heavy atom. The molecule has 3 heterocycles. The maximum absolute atomic E-state index is 5.89. The predicted molar refractivity (Wildman–Crippen MR) is 75.3 cm³/mol. The molecule has 1 atom stereocenters. The minimum atomic E-state index is -0.296. The van der Waals surface area contributed by atoms with E-state index >= 15 is 0 Å². The number of hydrogen-bond donors (Lipinski definition) is 0. The van der Waals surface area contributed by atoms with Crippen LogP contribution in [0.5, 0.6) is 0 Å². The van der Waals surface area contributed by atoms with Gasteiger partial charge in [0.05, 0.1) is 13.2 Å². The van der Waals surface area contributed by atoms with E-state index in [0.29, 0.717) is 0 Å². The van der Waals surface area contributed by atoms with Gasteiger partial charge in [-0.25, -0.2) is 9.97 Å². The smallest absolute Gasteiger partial charge is 0.159 e. The fraction of sp³-hybridized carbons (Fsp3) is 0.733. The molecule has 2 aliphatic heterocycles. The molecule has 3 rings (SSSR count). The van der Waals surface area contributed by atoms with E-state index in [1.54, 1.807) is 0 Å². The summed E-state index contributed by atoms with van der Waals surface area (Å²) in [6.45, 7) is 7.45. The van der Waals surface area contributed by atoms with Crippen molar-refractivity contribution in [3.8, 4) is 0 Å². The second kappa shape index (κ2) is 6.16. The van der Waals surface area contributed by atoms with E-state index in [1.165, 1.54) is 6.42 Å². The molecule has 2 fully saturated rings. The van der Waals surface area contributed by atoms with Gasteiger partial charge in [0.15, 0.2) is 5.82 Å². The number of aromatic nitrogens is 2. The highest BCUT2D eigenvalue weighted by atomic mass is 16.5. The first-order chi connectivity index (χ1) is 9.76. The van der Waals surface area contributed by atoms with Crippen molar-refractivity contribution in [2.45, 2.75) is 38.3 Å². The molecule has 0 amide bonds. The quantitative estimate of drug-likeness (QED) is 0.842. The summed E-state index contributed by atoms with van der Waals surface area (Å²) in [7, 11) is 0. The minimum absolute atomic E-state index is 0.296. The maximum Gasteiger partial charge on any atom is 0.159 e. The van der Waals surface area contributed by atoms with Gasteiger partial charge in [-0.05, 0) is 26.2 Å². The van der Waals surface area contributed by atoms with Crippen molar-refractivity contribution in [2.75, 3.05) is 32.9 Å². The van der Waals surface area contributed by atoms with Crippen molar-refractivity contribution in [1.82, 2.24) is 14.9 Å². The fourth-order valence-corrected chi connectivity index (χ4v) is 2.84. The largest absolute Gasteiger partial charge is 0.379 e. The second-order valence-corrected chi connectivity index (χ2v) is 5.84. The predicted octanol–water partition coefficient (Wildman–Crippen LogP) is 1.72. The van der Waals surface area contributed by atoms with Crippen LogP contribution in [0, 0.1) is 0 Å². The van der Waals surface area contributed by atoms with Gasteiger partial charge in [-0.15, -0.1) is 0 Å². The monoisotopic (exact) mass is 277 g/mol. The maximum atomic E-state index is 5.89. The molecule has 1 aromatic rings. The van der Waals surface area contributed by atoms with E-state index in [-0.39, 0.29) is 5.60 Å². The van der Waals surface area contributed by atoms with Gasteiger partial charge in [-0.2, -0.15) is 0 Å². The highest BCUT2D eigenvalue weighted by Crippen LogP contribution is 2.32. The minimum Gasteiger partial charge on any atom is -0.379 e. The lowest BCUT2D eigenvalue weighted by atomic mass is 9.95. The van der Waals surface area contributed by atoms with Crippen LogP contribution in [-0.4, -0.2) is 47.8 Å². The summed E-state index contributed by atoms with van der Waals surface area (Å²) in [5.74, 6) is 0.822. The van der Waals surface area contributed by atoms with E-state index in [1.807, 2.05) is 12.4 Å². The van der Waals surface area contributed by atoms with Gasteiger partial charge >= 0.3 is 0 Å². The molecule has 0 aliphatic carbocycles. The number of hydrogen-bond acceptors (Lipinski definition) is 5. The molecule has 5 heteroatoms. The van der Waals surface area contributed by atoms with E-state index < -0.39 is 0 Å². The van der Waals surface area contributed by atoms with Gasteiger partial charge in [0, 0.05) is 44.2 Å². The molecule has 20 heavy (non-hydrogen) atoms. The van der Waals surface area contributed by atoms with Crippen molar-refractivity contribution in [2.24, 2.45) is 0 Å². The Bertz CT molecular complexity index is 423. The van der Waals surface area contributed by atoms with Crippen LogP contribution >= 0.6 is 0 Å². The lowest BCUT2D eigenvalue weighted by Crippen LogP contribution is -2.36. The molecule has 0 saturated carbocycles. The Balaban J connectivity index is 1.64. The van der Waals surface area contributed by atoms with Crippen molar-refractivity contribution >= 4 is 0 Å². The summed E-state index contributed by atoms with van der Waals surface area (Å²) in [6.07, 6.45) is 7.23. The van der Waals surface area contributed by atoms with Crippen LogP contribution in [0.2, 0.25) is 0 Å². The Hall–Kier alpha value is -1.04. The topological polar surface area (TPSA) is 47.5 Å². The first kappa shape index (κ1) is 13.9. The van der Waals surface area contributed by atoms with Crippen LogP contribution in [0.15, 0.2) is 12.4 Å². The molecule has 5 nitrogen and oxygen atoms in total. The summed E-state index contributed by atoms with van der Waals surface area (Å²) in [4.78, 5) is 11.5. The first-order valence-electron chi connectivity index (χ1n) is 7.52. The molecule has 0 spiro atoms. The average Bonchev–Trinajstić information content (AvgIpc) is 2.50. The van der Waals surface area contributed by atoms with E-state index in [4.69, 9.17) is 9.47 Å². The van der Waals surface area contributed by atoms with Gasteiger partial charge in [-0.3, -0.25) is 4.90 Å². The zero-order chi connectivity index (χ0) is 13.8. The van der Waals surface area contributed by atoms with Crippen LogP contribution < -0.4 is 0 Å². The molecule has 2 aliphatic rings. The Morgan fingerprint density at radius 3 is 2.55 bits per heavy atom. The third kappa shape index (κ3) is 3.16. The second-order valence-electron chi connectivity index (χ2n) is 5.84. The Kier molecular flexibility index (Phi) is 4.29. The number of morpholine rings is 1. The van der Waals surface area contributed by atoms with E-state index in [2.05, 4.69) is 21.8 Å². The van der Waals surface area contributed by atoms with Gasteiger partial charge in [0.25, 0.3) is 0 Å².